The van der Waals surface area contributed by atoms with Crippen molar-refractivity contribution in [3.05, 3.63) is 36.0 Å². The third-order valence-electron chi connectivity index (χ3n) is 2.21. The Bertz CT molecular complexity index is 198. The summed E-state index contributed by atoms with van der Waals surface area (Å²) >= 11 is 0. The van der Waals surface area contributed by atoms with Gasteiger partial charge in [-0.25, -0.2) is 0 Å². The maximum atomic E-state index is 3.64. The predicted octanol–water partition coefficient (Wildman–Crippen LogP) is 6.06. The van der Waals surface area contributed by atoms with Crippen LogP contribution in [0.15, 0.2) is 36.0 Å². The first-order valence-corrected chi connectivity index (χ1v) is 6.52. The van der Waals surface area contributed by atoms with Gasteiger partial charge in [-0.15, -0.1) is 0 Å². The molecule has 94 valence electrons. The monoisotopic (exact) mass is 222 g/mol. The quantitative estimate of drug-likeness (QED) is 0.378. The van der Waals surface area contributed by atoms with Crippen molar-refractivity contribution in [2.75, 3.05) is 0 Å². The third-order valence-corrected chi connectivity index (χ3v) is 2.21. The largest absolute Gasteiger partial charge is 0.0988 e. The van der Waals surface area contributed by atoms with Crippen LogP contribution in [-0.2, 0) is 0 Å². The summed E-state index contributed by atoms with van der Waals surface area (Å²) < 4.78 is 0. The lowest BCUT2D eigenvalue weighted by Crippen LogP contribution is -1.70. The van der Waals surface area contributed by atoms with Crippen LogP contribution in [0.25, 0.3) is 0 Å². The summed E-state index contributed by atoms with van der Waals surface area (Å²) in [6.07, 6.45) is 13.0. The molecule has 0 rings (SSSR count). The van der Waals surface area contributed by atoms with Crippen LogP contribution in [-0.4, -0.2) is 0 Å². The Hall–Kier alpha value is -0.780. The summed E-state index contributed by atoms with van der Waals surface area (Å²) in [7, 11) is 0. The lowest BCUT2D eigenvalue weighted by atomic mass is 10.2. The first-order chi connectivity index (χ1) is 7.58. The molecule has 0 aliphatic heterocycles. The first-order valence-electron chi connectivity index (χ1n) is 6.52. The molecule has 0 N–H and O–H groups in total. The molecular formula is C16H30. The van der Waals surface area contributed by atoms with Crippen molar-refractivity contribution < 1.29 is 0 Å². The third kappa shape index (κ3) is 18.9. The Morgan fingerprint density at radius 2 is 1.38 bits per heavy atom. The van der Waals surface area contributed by atoms with Crippen molar-refractivity contribution in [1.82, 2.24) is 0 Å². The predicted molar refractivity (Wildman–Crippen MR) is 77.8 cm³/mol. The van der Waals surface area contributed by atoms with Gasteiger partial charge in [0, 0.05) is 0 Å². The van der Waals surface area contributed by atoms with Crippen LogP contribution in [0.1, 0.15) is 66.7 Å². The van der Waals surface area contributed by atoms with E-state index in [4.69, 9.17) is 0 Å². The minimum absolute atomic E-state index is 1.20. The van der Waals surface area contributed by atoms with E-state index in [1.54, 1.807) is 0 Å². The fraction of sp³-hybridized carbons (Fsp3) is 0.625. The second kappa shape index (κ2) is 14.2. The molecule has 0 atom stereocenters. The highest BCUT2D eigenvalue weighted by Gasteiger charge is 1.80. The molecule has 0 saturated carbocycles. The molecule has 0 aromatic carbocycles. The van der Waals surface area contributed by atoms with E-state index in [9.17, 15) is 0 Å². The normalized spacial score (nSPS) is 10.2. The van der Waals surface area contributed by atoms with Gasteiger partial charge in [0.2, 0.25) is 0 Å². The lowest BCUT2D eigenvalue weighted by Gasteiger charge is -1.90. The second-order valence-corrected chi connectivity index (χ2v) is 4.42. The molecule has 0 spiro atoms. The Morgan fingerprint density at radius 3 is 1.69 bits per heavy atom. The summed E-state index contributed by atoms with van der Waals surface area (Å²) in [6.45, 7) is 14.3. The molecule has 0 fully saturated rings. The maximum Gasteiger partial charge on any atom is -0.0398 e. The van der Waals surface area contributed by atoms with Gasteiger partial charge in [-0.2, -0.15) is 0 Å². The molecule has 0 radical (unpaired) electrons. The van der Waals surface area contributed by atoms with E-state index in [0.717, 1.165) is 0 Å². The summed E-state index contributed by atoms with van der Waals surface area (Å²) in [4.78, 5) is 0. The molecule has 0 unspecified atom stereocenters. The highest BCUT2D eigenvalue weighted by Crippen LogP contribution is 2.00. The van der Waals surface area contributed by atoms with Crippen LogP contribution in [0.4, 0.5) is 0 Å². The van der Waals surface area contributed by atoms with E-state index in [1.165, 1.54) is 43.3 Å². The molecule has 0 bridgehead atoms. The number of hydrogen-bond donors (Lipinski definition) is 0. The Morgan fingerprint density at radius 1 is 0.875 bits per heavy atom. The van der Waals surface area contributed by atoms with Gasteiger partial charge in [0.15, 0.2) is 0 Å². The molecular weight excluding hydrogens is 192 g/mol. The zero-order valence-corrected chi connectivity index (χ0v) is 12.0. The topological polar surface area (TPSA) is 0 Å². The molecule has 0 amide bonds. The number of hydrogen-bond acceptors (Lipinski definition) is 0. The average Bonchev–Trinajstić information content (AvgIpc) is 2.27. The SMILES string of the molecule is C=C/C(C)=C\C=C(C)C.CCCCCCC. The van der Waals surface area contributed by atoms with Crippen molar-refractivity contribution in [1.29, 1.82) is 0 Å². The molecule has 0 nitrogen and oxygen atoms in total. The first kappa shape index (κ1) is 17.6. The zero-order valence-electron chi connectivity index (χ0n) is 12.0. The van der Waals surface area contributed by atoms with Crippen LogP contribution in [0.3, 0.4) is 0 Å². The van der Waals surface area contributed by atoms with Crippen LogP contribution in [0.5, 0.6) is 0 Å². The van der Waals surface area contributed by atoms with Crippen LogP contribution in [0.2, 0.25) is 0 Å². The molecule has 0 aromatic rings. The molecule has 0 aromatic heterocycles. The standard InChI is InChI=1S/C9H14.C7H16/c1-5-9(4)7-6-8(2)3;1-3-5-7-6-4-2/h5-7H,1H2,2-4H3;3-7H2,1-2H3/b9-7-;. The van der Waals surface area contributed by atoms with Gasteiger partial charge in [-0.3, -0.25) is 0 Å². The van der Waals surface area contributed by atoms with Crippen molar-refractivity contribution in [2.45, 2.75) is 66.7 Å². The molecule has 0 saturated heterocycles. The highest BCUT2D eigenvalue weighted by atomic mass is 13.9. The minimum atomic E-state index is 1.20. The summed E-state index contributed by atoms with van der Waals surface area (Å²) in [5.74, 6) is 0. The summed E-state index contributed by atoms with van der Waals surface area (Å²) in [6, 6.07) is 0. The smallest absolute Gasteiger partial charge is 0.0398 e. The Labute approximate surface area is 103 Å². The summed E-state index contributed by atoms with van der Waals surface area (Å²) in [5.41, 5.74) is 2.52. The van der Waals surface area contributed by atoms with Gasteiger partial charge in [-0.1, -0.05) is 81.9 Å². The van der Waals surface area contributed by atoms with Crippen molar-refractivity contribution >= 4 is 0 Å². The van der Waals surface area contributed by atoms with Crippen molar-refractivity contribution in [2.24, 2.45) is 0 Å². The van der Waals surface area contributed by atoms with Gasteiger partial charge < -0.3 is 0 Å². The van der Waals surface area contributed by atoms with Gasteiger partial charge in [0.1, 0.15) is 0 Å². The molecule has 0 aliphatic carbocycles. The number of unbranched alkanes of at least 4 members (excludes halogenated alkanes) is 4. The minimum Gasteiger partial charge on any atom is -0.0988 e. The van der Waals surface area contributed by atoms with E-state index in [1.807, 2.05) is 13.0 Å². The van der Waals surface area contributed by atoms with Gasteiger partial charge in [0.05, 0.1) is 0 Å². The van der Waals surface area contributed by atoms with E-state index in [-0.39, 0.29) is 0 Å². The fourth-order valence-corrected chi connectivity index (χ4v) is 1.04. The van der Waals surface area contributed by atoms with E-state index in [0.29, 0.717) is 0 Å². The van der Waals surface area contributed by atoms with E-state index >= 15 is 0 Å². The molecule has 0 aliphatic rings. The fourth-order valence-electron chi connectivity index (χ4n) is 1.04. The van der Waals surface area contributed by atoms with Crippen LogP contribution >= 0.6 is 0 Å². The number of allylic oxidation sites excluding steroid dienone is 5. The van der Waals surface area contributed by atoms with Gasteiger partial charge in [0.25, 0.3) is 0 Å². The number of rotatable bonds is 6. The Kier molecular flexibility index (Phi) is 15.7. The maximum absolute atomic E-state index is 3.64. The van der Waals surface area contributed by atoms with E-state index < -0.39 is 0 Å². The molecule has 0 heterocycles. The Balaban J connectivity index is 0. The summed E-state index contributed by atoms with van der Waals surface area (Å²) in [5, 5.41) is 0. The second-order valence-electron chi connectivity index (χ2n) is 4.42. The van der Waals surface area contributed by atoms with Crippen LogP contribution in [0, 0.1) is 0 Å². The molecule has 16 heavy (non-hydrogen) atoms. The average molecular weight is 222 g/mol. The van der Waals surface area contributed by atoms with E-state index in [2.05, 4.69) is 46.4 Å². The highest BCUT2D eigenvalue weighted by molar-refractivity contribution is 5.21. The van der Waals surface area contributed by atoms with Gasteiger partial charge >= 0.3 is 0 Å². The zero-order chi connectivity index (χ0) is 12.8. The van der Waals surface area contributed by atoms with Crippen LogP contribution < -0.4 is 0 Å². The lowest BCUT2D eigenvalue weighted by molar-refractivity contribution is 0.656. The van der Waals surface area contributed by atoms with Crippen molar-refractivity contribution in [3.8, 4) is 0 Å². The molecule has 0 heteroatoms. The van der Waals surface area contributed by atoms with Crippen molar-refractivity contribution in [3.63, 3.8) is 0 Å². The van der Waals surface area contributed by atoms with Gasteiger partial charge in [-0.05, 0) is 20.8 Å².